The molecule has 0 saturated carbocycles. The van der Waals surface area contributed by atoms with Crippen molar-refractivity contribution in [1.82, 2.24) is 9.97 Å². The molecule has 2 N–H and O–H groups in total. The van der Waals surface area contributed by atoms with Gasteiger partial charge in [-0.1, -0.05) is 26.0 Å². The van der Waals surface area contributed by atoms with E-state index in [1.165, 1.54) is 12.1 Å². The summed E-state index contributed by atoms with van der Waals surface area (Å²) in [6.07, 6.45) is 0. The molecule has 3 rings (SSSR count). The molecule has 0 aliphatic rings. The van der Waals surface area contributed by atoms with Crippen LogP contribution in [0.15, 0.2) is 42.5 Å². The van der Waals surface area contributed by atoms with E-state index in [1.807, 2.05) is 24.3 Å². The molecule has 0 radical (unpaired) electrons. The van der Waals surface area contributed by atoms with Crippen molar-refractivity contribution < 1.29 is 8.78 Å². The topological polar surface area (TPSA) is 49.8 Å². The highest BCUT2D eigenvalue weighted by molar-refractivity contribution is 5.90. The van der Waals surface area contributed by atoms with E-state index in [1.54, 1.807) is 0 Å². The van der Waals surface area contributed by atoms with Crippen molar-refractivity contribution in [2.75, 3.05) is 10.6 Å². The minimum atomic E-state index is -0.657. The van der Waals surface area contributed by atoms with Crippen LogP contribution < -0.4 is 10.6 Å². The molecule has 0 fully saturated rings. The zero-order valence-electron chi connectivity index (χ0n) is 14.3. The smallest absolute Gasteiger partial charge is 0.229 e. The van der Waals surface area contributed by atoms with Gasteiger partial charge in [-0.05, 0) is 37.1 Å². The van der Waals surface area contributed by atoms with Gasteiger partial charge >= 0.3 is 0 Å². The van der Waals surface area contributed by atoms with Crippen LogP contribution in [0.25, 0.3) is 10.9 Å². The molecule has 1 aromatic heterocycles. The molecule has 0 saturated heterocycles. The van der Waals surface area contributed by atoms with E-state index < -0.39 is 11.6 Å². The van der Waals surface area contributed by atoms with Crippen LogP contribution in [0.2, 0.25) is 0 Å². The van der Waals surface area contributed by atoms with Crippen molar-refractivity contribution in [3.8, 4) is 0 Å². The lowest BCUT2D eigenvalue weighted by molar-refractivity contribution is 0.559. The first-order valence-corrected chi connectivity index (χ1v) is 8.19. The minimum Gasteiger partial charge on any atom is -0.367 e. The van der Waals surface area contributed by atoms with Crippen LogP contribution in [0.5, 0.6) is 0 Å². The standard InChI is InChI=1S/C19H20F2N4/c1-11(2)12(3)22-18-16-6-4-5-7-17(16)24-19(25-18)23-15-9-13(20)8-14(21)10-15/h4-12H,1-3H3,(H2,22,23,24,25)/t12-/m1/s1. The third-order valence-electron chi connectivity index (χ3n) is 4.09. The summed E-state index contributed by atoms with van der Waals surface area (Å²) in [4.78, 5) is 8.94. The predicted octanol–water partition coefficient (Wildman–Crippen LogP) is 5.11. The van der Waals surface area contributed by atoms with Gasteiger partial charge in [0.15, 0.2) is 0 Å². The number of rotatable bonds is 5. The number of hydrogen-bond donors (Lipinski definition) is 2. The van der Waals surface area contributed by atoms with Gasteiger partial charge in [-0.2, -0.15) is 4.98 Å². The number of nitrogens with zero attached hydrogens (tertiary/aromatic N) is 2. The van der Waals surface area contributed by atoms with Crippen molar-refractivity contribution in [2.45, 2.75) is 26.8 Å². The molecule has 130 valence electrons. The van der Waals surface area contributed by atoms with Gasteiger partial charge in [0.05, 0.1) is 5.52 Å². The normalized spacial score (nSPS) is 12.4. The van der Waals surface area contributed by atoms with Crippen LogP contribution in [-0.4, -0.2) is 16.0 Å². The summed E-state index contributed by atoms with van der Waals surface area (Å²) in [6.45, 7) is 6.32. The number of nitrogens with one attached hydrogen (secondary N) is 2. The Balaban J connectivity index is 2.00. The molecule has 0 amide bonds. The average Bonchev–Trinajstić information content (AvgIpc) is 2.53. The average molecular weight is 342 g/mol. The van der Waals surface area contributed by atoms with Crippen LogP contribution >= 0.6 is 0 Å². The summed E-state index contributed by atoms with van der Waals surface area (Å²) in [5, 5.41) is 7.17. The van der Waals surface area contributed by atoms with E-state index in [2.05, 4.69) is 41.4 Å². The largest absolute Gasteiger partial charge is 0.367 e. The van der Waals surface area contributed by atoms with Gasteiger partial charge in [-0.25, -0.2) is 13.8 Å². The predicted molar refractivity (Wildman–Crippen MR) is 97.1 cm³/mol. The summed E-state index contributed by atoms with van der Waals surface area (Å²) in [6, 6.07) is 11.1. The lowest BCUT2D eigenvalue weighted by Gasteiger charge is -2.20. The Morgan fingerprint density at radius 2 is 1.60 bits per heavy atom. The fourth-order valence-corrected chi connectivity index (χ4v) is 2.38. The number of fused-ring (bicyclic) bond motifs is 1. The number of para-hydroxylation sites is 1. The molecular formula is C19H20F2N4. The number of aromatic nitrogens is 2. The second-order valence-corrected chi connectivity index (χ2v) is 6.37. The maximum atomic E-state index is 13.4. The second-order valence-electron chi connectivity index (χ2n) is 6.37. The Morgan fingerprint density at radius 1 is 0.920 bits per heavy atom. The maximum Gasteiger partial charge on any atom is 0.229 e. The first kappa shape index (κ1) is 17.1. The van der Waals surface area contributed by atoms with Crippen molar-refractivity contribution in [2.24, 2.45) is 5.92 Å². The molecule has 3 aromatic rings. The Kier molecular flexibility index (Phi) is 4.79. The Hall–Kier alpha value is -2.76. The highest BCUT2D eigenvalue weighted by Crippen LogP contribution is 2.25. The lowest BCUT2D eigenvalue weighted by atomic mass is 10.1. The molecule has 4 nitrogen and oxygen atoms in total. The molecule has 0 unspecified atom stereocenters. The van der Waals surface area contributed by atoms with Gasteiger partial charge in [0.2, 0.25) is 5.95 Å². The van der Waals surface area contributed by atoms with Gasteiger partial charge in [-0.3, -0.25) is 0 Å². The number of hydrogen-bond acceptors (Lipinski definition) is 4. The maximum absolute atomic E-state index is 13.4. The quantitative estimate of drug-likeness (QED) is 0.677. The van der Waals surface area contributed by atoms with Crippen molar-refractivity contribution in [3.05, 3.63) is 54.1 Å². The van der Waals surface area contributed by atoms with Crippen LogP contribution in [-0.2, 0) is 0 Å². The summed E-state index contributed by atoms with van der Waals surface area (Å²) in [7, 11) is 0. The number of halogens is 2. The Morgan fingerprint density at radius 3 is 2.28 bits per heavy atom. The van der Waals surface area contributed by atoms with Crippen molar-refractivity contribution in [1.29, 1.82) is 0 Å². The molecule has 0 spiro atoms. The van der Waals surface area contributed by atoms with Crippen LogP contribution in [0.4, 0.5) is 26.2 Å². The third kappa shape index (κ3) is 4.02. The molecule has 2 aromatic carbocycles. The van der Waals surface area contributed by atoms with E-state index in [-0.39, 0.29) is 17.7 Å². The van der Waals surface area contributed by atoms with Crippen molar-refractivity contribution >= 4 is 28.4 Å². The number of benzene rings is 2. The van der Waals surface area contributed by atoms with Gasteiger partial charge in [0.25, 0.3) is 0 Å². The molecule has 1 heterocycles. The van der Waals surface area contributed by atoms with E-state index >= 15 is 0 Å². The molecule has 6 heteroatoms. The molecule has 0 bridgehead atoms. The molecular weight excluding hydrogens is 322 g/mol. The van der Waals surface area contributed by atoms with E-state index in [9.17, 15) is 8.78 Å². The molecule has 25 heavy (non-hydrogen) atoms. The molecule has 0 aliphatic carbocycles. The Bertz CT molecular complexity index is 875. The first-order chi connectivity index (χ1) is 11.9. The third-order valence-corrected chi connectivity index (χ3v) is 4.09. The summed E-state index contributed by atoms with van der Waals surface area (Å²) in [5.41, 5.74) is 1.01. The van der Waals surface area contributed by atoms with E-state index in [4.69, 9.17) is 0 Å². The fourth-order valence-electron chi connectivity index (χ4n) is 2.38. The van der Waals surface area contributed by atoms with Gasteiger partial charge < -0.3 is 10.6 Å². The highest BCUT2D eigenvalue weighted by Gasteiger charge is 2.13. The van der Waals surface area contributed by atoms with Crippen LogP contribution in [0, 0.1) is 17.6 Å². The SMILES string of the molecule is CC(C)[C@@H](C)Nc1nc(Nc2cc(F)cc(F)c2)nc2ccccc12. The summed E-state index contributed by atoms with van der Waals surface area (Å²) >= 11 is 0. The Labute approximate surface area is 145 Å². The number of anilines is 3. The lowest BCUT2D eigenvalue weighted by Crippen LogP contribution is -2.22. The summed E-state index contributed by atoms with van der Waals surface area (Å²) in [5.74, 6) is 0.0703. The zero-order chi connectivity index (χ0) is 18.0. The molecule has 1 atom stereocenters. The van der Waals surface area contributed by atoms with Crippen molar-refractivity contribution in [3.63, 3.8) is 0 Å². The summed E-state index contributed by atoms with van der Waals surface area (Å²) < 4.78 is 26.8. The van der Waals surface area contributed by atoms with E-state index in [0.717, 1.165) is 17.0 Å². The monoisotopic (exact) mass is 342 g/mol. The van der Waals surface area contributed by atoms with Crippen LogP contribution in [0.1, 0.15) is 20.8 Å². The van der Waals surface area contributed by atoms with Gasteiger partial charge in [0.1, 0.15) is 17.5 Å². The highest BCUT2D eigenvalue weighted by atomic mass is 19.1. The van der Waals surface area contributed by atoms with Gasteiger partial charge in [0, 0.05) is 23.2 Å². The second kappa shape index (κ2) is 7.01. The van der Waals surface area contributed by atoms with Gasteiger partial charge in [-0.15, -0.1) is 0 Å². The van der Waals surface area contributed by atoms with E-state index in [0.29, 0.717) is 11.7 Å². The fraction of sp³-hybridized carbons (Fsp3) is 0.263. The minimum absolute atomic E-state index is 0.206. The van der Waals surface area contributed by atoms with Crippen LogP contribution in [0.3, 0.4) is 0 Å². The zero-order valence-corrected chi connectivity index (χ0v) is 14.3. The first-order valence-electron chi connectivity index (χ1n) is 8.19. The molecule has 0 aliphatic heterocycles.